The summed E-state index contributed by atoms with van der Waals surface area (Å²) in [7, 11) is 0. The number of hydrogen-bond donors (Lipinski definition) is 0. The lowest BCUT2D eigenvalue weighted by atomic mass is 10.3. The summed E-state index contributed by atoms with van der Waals surface area (Å²) in [5, 5.41) is 12.3. The summed E-state index contributed by atoms with van der Waals surface area (Å²) in [5.41, 5.74) is 2.12. The molecule has 2 heterocycles. The average Bonchev–Trinajstić information content (AvgIpc) is 2.93. The van der Waals surface area contributed by atoms with Gasteiger partial charge in [0.25, 0.3) is 0 Å². The summed E-state index contributed by atoms with van der Waals surface area (Å²) in [5.74, 6) is 0.736. The first-order chi connectivity index (χ1) is 8.72. The number of aryl methyl sites for hydroxylation is 1. The van der Waals surface area contributed by atoms with Gasteiger partial charge < -0.3 is 9.36 Å². The fourth-order valence-corrected chi connectivity index (χ4v) is 1.75. The van der Waals surface area contributed by atoms with E-state index in [1.54, 1.807) is 24.3 Å². The minimum atomic E-state index is 0.252. The summed E-state index contributed by atoms with van der Waals surface area (Å²) >= 11 is 5.92. The monoisotopic (exact) mass is 264 g/mol. The van der Waals surface area contributed by atoms with Crippen LogP contribution in [0, 0.1) is 6.92 Å². The van der Waals surface area contributed by atoms with Gasteiger partial charge in [0.1, 0.15) is 22.5 Å². The van der Waals surface area contributed by atoms with Gasteiger partial charge in [0.2, 0.25) is 0 Å². The van der Waals surface area contributed by atoms with Crippen molar-refractivity contribution in [2.24, 2.45) is 0 Å². The van der Waals surface area contributed by atoms with E-state index in [0.717, 1.165) is 11.3 Å². The second kappa shape index (κ2) is 4.30. The fourth-order valence-electron chi connectivity index (χ4n) is 1.58. The molecule has 2 aromatic heterocycles. The standard InChI is InChI=1S/C11H9ClN4O2/c1-7-4-9(14-18-7)6-17-16-11-5-8(12)2-3-10(11)13-15-16/h2-5H,6H2,1H3. The van der Waals surface area contributed by atoms with Crippen LogP contribution in [0.1, 0.15) is 11.5 Å². The van der Waals surface area contributed by atoms with Crippen LogP contribution >= 0.6 is 11.6 Å². The predicted octanol–water partition coefficient (Wildman–Crippen LogP) is 2.01. The molecule has 0 atom stereocenters. The van der Waals surface area contributed by atoms with E-state index in [2.05, 4.69) is 15.5 Å². The Morgan fingerprint density at radius 1 is 1.39 bits per heavy atom. The van der Waals surface area contributed by atoms with Gasteiger partial charge >= 0.3 is 0 Å². The maximum atomic E-state index is 5.92. The van der Waals surface area contributed by atoms with Crippen molar-refractivity contribution < 1.29 is 9.36 Å². The van der Waals surface area contributed by atoms with Gasteiger partial charge in [0.15, 0.2) is 6.61 Å². The Balaban J connectivity index is 1.84. The minimum Gasteiger partial charge on any atom is -0.388 e. The first kappa shape index (κ1) is 11.0. The molecule has 0 unspecified atom stereocenters. The molecular formula is C11H9ClN4O2. The van der Waals surface area contributed by atoms with Crippen molar-refractivity contribution in [3.8, 4) is 0 Å². The molecule has 7 heteroatoms. The van der Waals surface area contributed by atoms with Gasteiger partial charge in [0, 0.05) is 11.1 Å². The zero-order valence-corrected chi connectivity index (χ0v) is 10.3. The minimum absolute atomic E-state index is 0.252. The third-order valence-corrected chi connectivity index (χ3v) is 2.62. The number of fused-ring (bicyclic) bond motifs is 1. The molecule has 0 N–H and O–H groups in total. The molecule has 0 aliphatic carbocycles. The fraction of sp³-hybridized carbons (Fsp3) is 0.182. The van der Waals surface area contributed by atoms with Crippen molar-refractivity contribution in [3.63, 3.8) is 0 Å². The Kier molecular flexibility index (Phi) is 2.64. The first-order valence-corrected chi connectivity index (χ1v) is 5.66. The normalized spacial score (nSPS) is 11.0. The molecule has 3 aromatic rings. The number of hydrogen-bond acceptors (Lipinski definition) is 5. The predicted molar refractivity (Wildman–Crippen MR) is 64.1 cm³/mol. The van der Waals surface area contributed by atoms with Crippen molar-refractivity contribution in [3.05, 3.63) is 40.7 Å². The Bertz CT molecular complexity index is 691. The van der Waals surface area contributed by atoms with Crippen molar-refractivity contribution in [2.75, 3.05) is 0 Å². The lowest BCUT2D eigenvalue weighted by Gasteiger charge is -2.02. The molecule has 0 saturated carbocycles. The topological polar surface area (TPSA) is 66.0 Å². The molecule has 0 bridgehead atoms. The number of halogens is 1. The number of nitrogens with zero attached hydrogens (tertiary/aromatic N) is 4. The Hall–Kier alpha value is -2.08. The van der Waals surface area contributed by atoms with Gasteiger partial charge in [-0.3, -0.25) is 0 Å². The second-order valence-electron chi connectivity index (χ2n) is 3.80. The Morgan fingerprint density at radius 3 is 3.06 bits per heavy atom. The molecule has 0 amide bonds. The van der Waals surface area contributed by atoms with Crippen LogP contribution in [-0.4, -0.2) is 20.3 Å². The summed E-state index contributed by atoms with van der Waals surface area (Å²) < 4.78 is 4.94. The molecule has 0 radical (unpaired) electrons. The van der Waals surface area contributed by atoms with Gasteiger partial charge in [0.05, 0.1) is 0 Å². The maximum absolute atomic E-state index is 5.92. The van der Waals surface area contributed by atoms with Gasteiger partial charge in [-0.05, 0) is 30.3 Å². The molecule has 0 saturated heterocycles. The van der Waals surface area contributed by atoms with Crippen LogP contribution in [0.3, 0.4) is 0 Å². The van der Waals surface area contributed by atoms with Crippen molar-refractivity contribution >= 4 is 22.6 Å². The van der Waals surface area contributed by atoms with Crippen LogP contribution < -0.4 is 4.84 Å². The van der Waals surface area contributed by atoms with Crippen LogP contribution in [0.5, 0.6) is 0 Å². The van der Waals surface area contributed by atoms with Gasteiger partial charge in [-0.1, -0.05) is 21.6 Å². The Morgan fingerprint density at radius 2 is 2.28 bits per heavy atom. The molecule has 6 nitrogen and oxygen atoms in total. The molecule has 18 heavy (non-hydrogen) atoms. The van der Waals surface area contributed by atoms with E-state index in [0.29, 0.717) is 16.2 Å². The van der Waals surface area contributed by atoms with E-state index in [1.807, 2.05) is 6.92 Å². The quantitative estimate of drug-likeness (QED) is 0.724. The molecule has 0 aliphatic rings. The molecular weight excluding hydrogens is 256 g/mol. The smallest absolute Gasteiger partial charge is 0.162 e. The largest absolute Gasteiger partial charge is 0.388 e. The highest BCUT2D eigenvalue weighted by Crippen LogP contribution is 2.16. The highest BCUT2D eigenvalue weighted by Gasteiger charge is 2.07. The lowest BCUT2D eigenvalue weighted by molar-refractivity contribution is 0.0714. The third kappa shape index (κ3) is 2.02. The van der Waals surface area contributed by atoms with Gasteiger partial charge in [-0.25, -0.2) is 0 Å². The lowest BCUT2D eigenvalue weighted by Crippen LogP contribution is -2.12. The number of benzene rings is 1. The third-order valence-electron chi connectivity index (χ3n) is 2.39. The van der Waals surface area contributed by atoms with Crippen LogP contribution in [0.4, 0.5) is 0 Å². The summed E-state index contributed by atoms with van der Waals surface area (Å²) in [6.45, 7) is 2.07. The molecule has 1 aromatic carbocycles. The zero-order chi connectivity index (χ0) is 12.5. The van der Waals surface area contributed by atoms with Crippen LogP contribution in [0.15, 0.2) is 28.8 Å². The number of aromatic nitrogens is 4. The van der Waals surface area contributed by atoms with Gasteiger partial charge in [-0.15, -0.1) is 5.10 Å². The van der Waals surface area contributed by atoms with Crippen molar-refractivity contribution in [1.82, 2.24) is 20.3 Å². The van der Waals surface area contributed by atoms with E-state index >= 15 is 0 Å². The van der Waals surface area contributed by atoms with Crippen LogP contribution in [-0.2, 0) is 6.61 Å². The highest BCUT2D eigenvalue weighted by atomic mass is 35.5. The van der Waals surface area contributed by atoms with Crippen LogP contribution in [0.2, 0.25) is 5.02 Å². The Labute approximate surface area is 107 Å². The van der Waals surface area contributed by atoms with E-state index in [9.17, 15) is 0 Å². The summed E-state index contributed by atoms with van der Waals surface area (Å²) in [6.07, 6.45) is 0. The SMILES string of the molecule is Cc1cc(COn2nnc3ccc(Cl)cc32)no1. The van der Waals surface area contributed by atoms with Crippen molar-refractivity contribution in [2.45, 2.75) is 13.5 Å². The molecule has 0 spiro atoms. The molecule has 92 valence electrons. The molecule has 0 fully saturated rings. The number of rotatable bonds is 3. The summed E-state index contributed by atoms with van der Waals surface area (Å²) in [4.78, 5) is 6.80. The van der Waals surface area contributed by atoms with E-state index in [4.69, 9.17) is 21.0 Å². The van der Waals surface area contributed by atoms with Gasteiger partial charge in [-0.2, -0.15) is 0 Å². The van der Waals surface area contributed by atoms with Crippen molar-refractivity contribution in [1.29, 1.82) is 0 Å². The highest BCUT2D eigenvalue weighted by molar-refractivity contribution is 6.31. The first-order valence-electron chi connectivity index (χ1n) is 5.29. The molecule has 0 aliphatic heterocycles. The zero-order valence-electron chi connectivity index (χ0n) is 9.50. The van der Waals surface area contributed by atoms with E-state index in [1.165, 1.54) is 4.85 Å². The maximum Gasteiger partial charge on any atom is 0.162 e. The average molecular weight is 265 g/mol. The van der Waals surface area contributed by atoms with E-state index < -0.39 is 0 Å². The summed E-state index contributed by atoms with van der Waals surface area (Å²) in [6, 6.07) is 7.08. The van der Waals surface area contributed by atoms with E-state index in [-0.39, 0.29) is 6.61 Å². The molecule has 3 rings (SSSR count). The van der Waals surface area contributed by atoms with Crippen LogP contribution in [0.25, 0.3) is 11.0 Å². The second-order valence-corrected chi connectivity index (χ2v) is 4.23.